The molecule has 2 amide bonds. The van der Waals surface area contributed by atoms with Crippen molar-refractivity contribution < 1.29 is 23.5 Å². The zero-order valence-electron chi connectivity index (χ0n) is 14.7. The molecule has 2 aromatic rings. The van der Waals surface area contributed by atoms with Crippen LogP contribution in [0, 0.1) is 17.7 Å². The second kappa shape index (κ2) is 7.84. The Kier molecular flexibility index (Phi) is 5.51. The number of nitrogens with one attached hydrogen (secondary N) is 2. The van der Waals surface area contributed by atoms with Gasteiger partial charge in [0.2, 0.25) is 11.8 Å². The average molecular weight is 393 g/mol. The van der Waals surface area contributed by atoms with Crippen molar-refractivity contribution in [1.29, 1.82) is 0 Å². The van der Waals surface area contributed by atoms with Crippen LogP contribution in [0.25, 0.3) is 0 Å². The van der Waals surface area contributed by atoms with Crippen molar-refractivity contribution in [3.05, 3.63) is 47.2 Å². The van der Waals surface area contributed by atoms with Crippen LogP contribution in [0.1, 0.15) is 6.42 Å². The molecular weight excluding hydrogens is 375 g/mol. The van der Waals surface area contributed by atoms with E-state index in [0.717, 1.165) is 0 Å². The van der Waals surface area contributed by atoms with Crippen LogP contribution in [-0.4, -0.2) is 26.0 Å². The van der Waals surface area contributed by atoms with E-state index in [2.05, 4.69) is 10.6 Å². The maximum absolute atomic E-state index is 12.9. The summed E-state index contributed by atoms with van der Waals surface area (Å²) in [5.74, 6) is -1.05. The molecule has 1 aliphatic rings. The first kappa shape index (κ1) is 19.0. The Bertz CT molecular complexity index is 873. The average Bonchev–Trinajstić information content (AvgIpc) is 3.45. The van der Waals surface area contributed by atoms with Gasteiger partial charge in [-0.25, -0.2) is 4.39 Å². The molecule has 0 bridgehead atoms. The lowest BCUT2D eigenvalue weighted by molar-refractivity contribution is -0.122. The number of rotatable bonds is 6. The van der Waals surface area contributed by atoms with Crippen molar-refractivity contribution in [2.75, 3.05) is 24.9 Å². The first-order valence-corrected chi connectivity index (χ1v) is 8.59. The number of methoxy groups -OCH3 is 2. The molecule has 2 atom stereocenters. The third-order valence-corrected chi connectivity index (χ3v) is 4.60. The number of amides is 2. The zero-order chi connectivity index (χ0) is 19.6. The second-order valence-electron chi connectivity index (χ2n) is 6.12. The van der Waals surface area contributed by atoms with Gasteiger partial charge in [-0.2, -0.15) is 0 Å². The predicted molar refractivity (Wildman–Crippen MR) is 99.8 cm³/mol. The van der Waals surface area contributed by atoms with Crippen LogP contribution in [0.15, 0.2) is 36.4 Å². The highest BCUT2D eigenvalue weighted by molar-refractivity contribution is 6.32. The zero-order valence-corrected chi connectivity index (χ0v) is 15.5. The fraction of sp³-hybridized carbons (Fsp3) is 0.263. The summed E-state index contributed by atoms with van der Waals surface area (Å²) in [6.07, 6.45) is 0.436. The first-order valence-electron chi connectivity index (χ1n) is 8.21. The summed E-state index contributed by atoms with van der Waals surface area (Å²) in [5.41, 5.74) is 0.893. The Labute approximate surface area is 160 Å². The molecule has 1 saturated carbocycles. The van der Waals surface area contributed by atoms with Gasteiger partial charge in [0, 0.05) is 17.8 Å². The number of halogens is 2. The van der Waals surface area contributed by atoms with E-state index in [-0.39, 0.29) is 17.6 Å². The van der Waals surface area contributed by atoms with Crippen molar-refractivity contribution in [3.63, 3.8) is 0 Å². The van der Waals surface area contributed by atoms with Crippen molar-refractivity contribution in [2.24, 2.45) is 11.8 Å². The van der Waals surface area contributed by atoms with Crippen LogP contribution in [-0.2, 0) is 9.59 Å². The van der Waals surface area contributed by atoms with Crippen LogP contribution in [0.4, 0.5) is 15.8 Å². The van der Waals surface area contributed by atoms with E-state index in [0.29, 0.717) is 34.3 Å². The first-order chi connectivity index (χ1) is 12.9. The van der Waals surface area contributed by atoms with Crippen molar-refractivity contribution in [1.82, 2.24) is 0 Å². The number of carbonyl (C=O) groups excluding carboxylic acids is 2. The van der Waals surface area contributed by atoms with Gasteiger partial charge in [-0.05, 0) is 30.7 Å². The molecule has 3 rings (SSSR count). The van der Waals surface area contributed by atoms with Crippen LogP contribution in [0.3, 0.4) is 0 Å². The van der Waals surface area contributed by atoms with E-state index >= 15 is 0 Å². The van der Waals surface area contributed by atoms with E-state index in [1.165, 1.54) is 38.5 Å². The molecule has 2 aromatic carbocycles. The summed E-state index contributed by atoms with van der Waals surface area (Å²) < 4.78 is 23.3. The highest BCUT2D eigenvalue weighted by Crippen LogP contribution is 2.42. The molecule has 8 heteroatoms. The fourth-order valence-corrected chi connectivity index (χ4v) is 2.96. The van der Waals surface area contributed by atoms with Crippen molar-refractivity contribution in [3.8, 4) is 11.5 Å². The van der Waals surface area contributed by atoms with E-state index in [4.69, 9.17) is 21.1 Å². The molecule has 1 fully saturated rings. The standard InChI is InChI=1S/C19H18ClFN2O4/c1-26-16-9-15(17(27-2)8-14(16)20)23-19(25)13-7-12(13)18(24)22-11-5-3-10(21)4-6-11/h3-6,8-9,12-13H,7H2,1-2H3,(H,22,24)(H,23,25). The van der Waals surface area contributed by atoms with Gasteiger partial charge < -0.3 is 20.1 Å². The third kappa shape index (κ3) is 4.31. The predicted octanol–water partition coefficient (Wildman–Crippen LogP) is 3.71. The van der Waals surface area contributed by atoms with Gasteiger partial charge in [0.25, 0.3) is 0 Å². The minimum atomic E-state index is -0.447. The van der Waals surface area contributed by atoms with E-state index < -0.39 is 11.8 Å². The molecule has 0 aromatic heterocycles. The molecule has 142 valence electrons. The Morgan fingerprint density at radius 1 is 1.00 bits per heavy atom. The molecule has 0 spiro atoms. The number of hydrogen-bond donors (Lipinski definition) is 2. The van der Waals surface area contributed by atoms with Crippen LogP contribution < -0.4 is 20.1 Å². The maximum Gasteiger partial charge on any atom is 0.228 e. The monoisotopic (exact) mass is 392 g/mol. The summed E-state index contributed by atoms with van der Waals surface area (Å²) in [6.45, 7) is 0. The quantitative estimate of drug-likeness (QED) is 0.785. The lowest BCUT2D eigenvalue weighted by Crippen LogP contribution is -2.20. The molecule has 0 aliphatic heterocycles. The summed E-state index contributed by atoms with van der Waals surface area (Å²) >= 11 is 6.05. The summed E-state index contributed by atoms with van der Waals surface area (Å²) in [7, 11) is 2.93. The minimum Gasteiger partial charge on any atom is -0.495 e. The van der Waals surface area contributed by atoms with Gasteiger partial charge in [0.15, 0.2) is 0 Å². The lowest BCUT2D eigenvalue weighted by atomic mass is 10.2. The molecule has 0 radical (unpaired) electrons. The molecule has 2 unspecified atom stereocenters. The molecule has 6 nitrogen and oxygen atoms in total. The van der Waals surface area contributed by atoms with Crippen LogP contribution in [0.2, 0.25) is 5.02 Å². The normalized spacial score (nSPS) is 17.8. The topological polar surface area (TPSA) is 76.7 Å². The summed E-state index contributed by atoms with van der Waals surface area (Å²) in [5, 5.41) is 5.79. The SMILES string of the molecule is COc1cc(NC(=O)C2CC2C(=O)Nc2ccc(F)cc2)c(OC)cc1Cl. The highest BCUT2D eigenvalue weighted by atomic mass is 35.5. The molecular formula is C19H18ClFN2O4. The second-order valence-corrected chi connectivity index (χ2v) is 6.53. The van der Waals surface area contributed by atoms with Crippen LogP contribution >= 0.6 is 11.6 Å². The van der Waals surface area contributed by atoms with Gasteiger partial charge in [-0.1, -0.05) is 11.6 Å². The maximum atomic E-state index is 12.9. The number of benzene rings is 2. The summed E-state index contributed by atoms with van der Waals surface area (Å²) in [6, 6.07) is 8.56. The Hall–Kier alpha value is -2.80. The largest absolute Gasteiger partial charge is 0.495 e. The third-order valence-electron chi connectivity index (χ3n) is 4.31. The smallest absolute Gasteiger partial charge is 0.228 e. The van der Waals surface area contributed by atoms with E-state index in [9.17, 15) is 14.0 Å². The van der Waals surface area contributed by atoms with Gasteiger partial charge in [0.05, 0.1) is 36.8 Å². The molecule has 2 N–H and O–H groups in total. The Morgan fingerprint density at radius 2 is 1.59 bits per heavy atom. The molecule has 1 aliphatic carbocycles. The van der Waals surface area contributed by atoms with Crippen LogP contribution in [0.5, 0.6) is 11.5 Å². The minimum absolute atomic E-state index is 0.276. The van der Waals surface area contributed by atoms with Gasteiger partial charge >= 0.3 is 0 Å². The van der Waals surface area contributed by atoms with Gasteiger partial charge in [-0.3, -0.25) is 9.59 Å². The summed E-state index contributed by atoms with van der Waals surface area (Å²) in [4.78, 5) is 24.7. The number of anilines is 2. The van der Waals surface area contributed by atoms with Crippen molar-refractivity contribution in [2.45, 2.75) is 6.42 Å². The number of ether oxygens (including phenoxy) is 2. The molecule has 0 saturated heterocycles. The fourth-order valence-electron chi connectivity index (χ4n) is 2.73. The van der Waals surface area contributed by atoms with E-state index in [1.807, 2.05) is 0 Å². The molecule has 27 heavy (non-hydrogen) atoms. The Balaban J connectivity index is 1.63. The van der Waals surface area contributed by atoms with E-state index in [1.54, 1.807) is 12.1 Å². The van der Waals surface area contributed by atoms with Crippen molar-refractivity contribution >= 4 is 34.8 Å². The lowest BCUT2D eigenvalue weighted by Gasteiger charge is -2.13. The highest BCUT2D eigenvalue weighted by Gasteiger charge is 2.48. The number of hydrogen-bond acceptors (Lipinski definition) is 4. The van der Waals surface area contributed by atoms with Gasteiger partial charge in [0.1, 0.15) is 17.3 Å². The van der Waals surface area contributed by atoms with Gasteiger partial charge in [-0.15, -0.1) is 0 Å². The molecule has 0 heterocycles. The Morgan fingerprint density at radius 3 is 2.19 bits per heavy atom. The number of carbonyl (C=O) groups is 2.